The molecule has 0 atom stereocenters. The van der Waals surface area contributed by atoms with Crippen LogP contribution in [-0.4, -0.2) is 12.5 Å². The number of anilines is 1. The summed E-state index contributed by atoms with van der Waals surface area (Å²) in [5.41, 5.74) is 6.30. The van der Waals surface area contributed by atoms with Gasteiger partial charge in [0.15, 0.2) is 0 Å². The molecule has 0 aliphatic carbocycles. The van der Waals surface area contributed by atoms with Gasteiger partial charge >= 0.3 is 0 Å². The van der Waals surface area contributed by atoms with Crippen LogP contribution in [0.15, 0.2) is 48.5 Å². The van der Waals surface area contributed by atoms with Crippen LogP contribution in [0.3, 0.4) is 0 Å². The molecule has 0 aliphatic heterocycles. The van der Waals surface area contributed by atoms with Crippen LogP contribution in [0.4, 0.5) is 5.69 Å². The van der Waals surface area contributed by atoms with Crippen LogP contribution in [-0.2, 0) is 4.79 Å². The normalized spacial score (nSPS) is 10.1. The molecule has 0 heterocycles. The molecule has 0 saturated heterocycles. The maximum atomic E-state index is 11.7. The van der Waals surface area contributed by atoms with E-state index in [1.807, 2.05) is 30.3 Å². The Bertz CT molecular complexity index is 621. The predicted octanol–water partition coefficient (Wildman–Crippen LogP) is 4.30. The highest BCUT2D eigenvalue weighted by molar-refractivity contribution is 6.35. The van der Waals surface area contributed by atoms with Crippen molar-refractivity contribution in [3.8, 4) is 5.75 Å². The molecule has 2 aromatic carbocycles. The number of rotatable bonds is 7. The van der Waals surface area contributed by atoms with E-state index in [9.17, 15) is 4.79 Å². The molecule has 0 aliphatic rings. The molecule has 0 saturated carbocycles. The molecule has 2 rings (SSSR count). The molecule has 2 N–H and O–H groups in total. The average Bonchev–Trinajstić information content (AvgIpc) is 2.52. The summed E-state index contributed by atoms with van der Waals surface area (Å²) >= 11 is 11.8. The Morgan fingerprint density at radius 1 is 1.09 bits per heavy atom. The second kappa shape index (κ2) is 8.51. The Morgan fingerprint density at radius 3 is 2.59 bits per heavy atom. The van der Waals surface area contributed by atoms with Crippen LogP contribution in [0.25, 0.3) is 0 Å². The summed E-state index contributed by atoms with van der Waals surface area (Å²) < 4.78 is 5.51. The quantitative estimate of drug-likeness (QED) is 0.584. The number of hydrogen-bond donors (Lipinski definition) is 2. The molecular formula is C16H16Cl2N2O2. The SMILES string of the molecule is O=C(CCCOc1ccc(Cl)cc1Cl)NNc1ccccc1. The second-order valence-corrected chi connectivity index (χ2v) is 5.41. The largest absolute Gasteiger partial charge is 0.492 e. The van der Waals surface area contributed by atoms with Crippen LogP contribution in [0.2, 0.25) is 10.0 Å². The monoisotopic (exact) mass is 338 g/mol. The first-order valence-electron chi connectivity index (χ1n) is 6.83. The van der Waals surface area contributed by atoms with Gasteiger partial charge in [-0.3, -0.25) is 15.6 Å². The molecule has 0 bridgehead atoms. The van der Waals surface area contributed by atoms with Gasteiger partial charge in [0.2, 0.25) is 5.91 Å². The molecule has 0 radical (unpaired) electrons. The van der Waals surface area contributed by atoms with Gasteiger partial charge < -0.3 is 4.74 Å². The van der Waals surface area contributed by atoms with Crippen LogP contribution in [0, 0.1) is 0 Å². The van der Waals surface area contributed by atoms with Gasteiger partial charge in [0.05, 0.1) is 17.3 Å². The molecule has 0 unspecified atom stereocenters. The minimum atomic E-state index is -0.102. The number of carbonyl (C=O) groups is 1. The van der Waals surface area contributed by atoms with Crippen molar-refractivity contribution in [2.45, 2.75) is 12.8 Å². The smallest absolute Gasteiger partial charge is 0.238 e. The fourth-order valence-electron chi connectivity index (χ4n) is 1.73. The number of ether oxygens (including phenoxy) is 1. The summed E-state index contributed by atoms with van der Waals surface area (Å²) in [6, 6.07) is 14.5. The van der Waals surface area contributed by atoms with E-state index < -0.39 is 0 Å². The van der Waals surface area contributed by atoms with Crippen LogP contribution in [0.5, 0.6) is 5.75 Å². The maximum absolute atomic E-state index is 11.7. The summed E-state index contributed by atoms with van der Waals surface area (Å²) in [4.78, 5) is 11.7. The third-order valence-electron chi connectivity index (χ3n) is 2.82. The van der Waals surface area contributed by atoms with Crippen molar-refractivity contribution in [1.82, 2.24) is 5.43 Å². The Kier molecular flexibility index (Phi) is 6.37. The van der Waals surface area contributed by atoms with Gasteiger partial charge in [-0.1, -0.05) is 41.4 Å². The summed E-state index contributed by atoms with van der Waals surface area (Å²) in [5, 5.41) is 1.02. The molecule has 1 amide bonds. The molecule has 0 aromatic heterocycles. The Labute approximate surface area is 139 Å². The van der Waals surface area contributed by atoms with Crippen molar-refractivity contribution < 1.29 is 9.53 Å². The lowest BCUT2D eigenvalue weighted by molar-refractivity contribution is -0.120. The number of carbonyl (C=O) groups excluding carboxylic acids is 1. The molecule has 116 valence electrons. The van der Waals surface area contributed by atoms with E-state index in [1.165, 1.54) is 0 Å². The van der Waals surface area contributed by atoms with E-state index in [0.717, 1.165) is 5.69 Å². The molecule has 6 heteroatoms. The van der Waals surface area contributed by atoms with Gasteiger partial charge in [-0.25, -0.2) is 0 Å². The number of halogens is 2. The summed E-state index contributed by atoms with van der Waals surface area (Å²) in [5.74, 6) is 0.462. The average molecular weight is 339 g/mol. The number of nitrogens with one attached hydrogen (secondary N) is 2. The Balaban J connectivity index is 1.65. The number of hydrogen-bond acceptors (Lipinski definition) is 3. The van der Waals surface area contributed by atoms with Crippen LogP contribution < -0.4 is 15.6 Å². The molecule has 0 fully saturated rings. The van der Waals surface area contributed by atoms with E-state index >= 15 is 0 Å². The highest BCUT2D eigenvalue weighted by atomic mass is 35.5. The van der Waals surface area contributed by atoms with Gasteiger partial charge in [-0.15, -0.1) is 0 Å². The van der Waals surface area contributed by atoms with Gasteiger partial charge in [0.25, 0.3) is 0 Å². The zero-order chi connectivity index (χ0) is 15.8. The van der Waals surface area contributed by atoms with Gasteiger partial charge in [-0.05, 0) is 36.8 Å². The minimum Gasteiger partial charge on any atom is -0.492 e. The van der Waals surface area contributed by atoms with Gasteiger partial charge in [0, 0.05) is 11.4 Å². The van der Waals surface area contributed by atoms with E-state index in [1.54, 1.807) is 18.2 Å². The first kappa shape index (κ1) is 16.5. The standard InChI is InChI=1S/C16H16Cl2N2O2/c17-12-8-9-15(14(18)11-12)22-10-4-7-16(21)20-19-13-5-2-1-3-6-13/h1-3,5-6,8-9,11,19H,4,7,10H2,(H,20,21). The van der Waals surface area contributed by atoms with Crippen molar-refractivity contribution in [2.24, 2.45) is 0 Å². The fourth-order valence-corrected chi connectivity index (χ4v) is 2.20. The molecular weight excluding hydrogens is 323 g/mol. The lowest BCUT2D eigenvalue weighted by atomic mass is 10.3. The minimum absolute atomic E-state index is 0.102. The lowest BCUT2D eigenvalue weighted by Crippen LogP contribution is -2.29. The summed E-state index contributed by atoms with van der Waals surface area (Å²) in [6.07, 6.45) is 0.937. The van der Waals surface area contributed by atoms with Crippen LogP contribution >= 0.6 is 23.2 Å². The van der Waals surface area contributed by atoms with Crippen LogP contribution in [0.1, 0.15) is 12.8 Å². The van der Waals surface area contributed by atoms with E-state index in [4.69, 9.17) is 27.9 Å². The topological polar surface area (TPSA) is 50.4 Å². The number of benzene rings is 2. The highest BCUT2D eigenvalue weighted by Crippen LogP contribution is 2.27. The first-order valence-corrected chi connectivity index (χ1v) is 7.58. The third kappa shape index (κ3) is 5.47. The summed E-state index contributed by atoms with van der Waals surface area (Å²) in [7, 11) is 0. The van der Waals surface area contributed by atoms with Crippen molar-refractivity contribution in [1.29, 1.82) is 0 Å². The van der Waals surface area contributed by atoms with Crippen molar-refractivity contribution >= 4 is 34.8 Å². The number of amides is 1. The number of hydrazine groups is 1. The van der Waals surface area contributed by atoms with Gasteiger partial charge in [-0.2, -0.15) is 0 Å². The van der Waals surface area contributed by atoms with E-state index in [-0.39, 0.29) is 5.91 Å². The predicted molar refractivity (Wildman–Crippen MR) is 89.4 cm³/mol. The van der Waals surface area contributed by atoms with E-state index in [0.29, 0.717) is 35.2 Å². The molecule has 0 spiro atoms. The second-order valence-electron chi connectivity index (χ2n) is 4.57. The molecule has 2 aromatic rings. The fraction of sp³-hybridized carbons (Fsp3) is 0.188. The highest BCUT2D eigenvalue weighted by Gasteiger charge is 2.04. The zero-order valence-corrected chi connectivity index (χ0v) is 13.3. The lowest BCUT2D eigenvalue weighted by Gasteiger charge is -2.09. The van der Waals surface area contributed by atoms with Crippen molar-refractivity contribution in [2.75, 3.05) is 12.0 Å². The van der Waals surface area contributed by atoms with Gasteiger partial charge in [0.1, 0.15) is 5.75 Å². The molecule has 22 heavy (non-hydrogen) atoms. The van der Waals surface area contributed by atoms with E-state index in [2.05, 4.69) is 10.9 Å². The maximum Gasteiger partial charge on any atom is 0.238 e. The molecule has 4 nitrogen and oxygen atoms in total. The third-order valence-corrected chi connectivity index (χ3v) is 3.35. The number of para-hydroxylation sites is 1. The van der Waals surface area contributed by atoms with Crippen molar-refractivity contribution in [3.63, 3.8) is 0 Å². The Morgan fingerprint density at radius 2 is 1.86 bits per heavy atom. The van der Waals surface area contributed by atoms with Crippen molar-refractivity contribution in [3.05, 3.63) is 58.6 Å². The Hall–Kier alpha value is -1.91. The first-order chi connectivity index (χ1) is 10.6. The zero-order valence-electron chi connectivity index (χ0n) is 11.8. The summed E-state index contributed by atoms with van der Waals surface area (Å²) in [6.45, 7) is 0.403.